The SMILES string of the molecule is O=[N+]([O-])c1ccccc1-c1cccc2c1S[C@H]1C=CC=CC21. The molecule has 108 valence electrons. The van der Waals surface area contributed by atoms with Gasteiger partial charge in [0.05, 0.1) is 10.5 Å². The number of nitrogens with zero attached hydrogens (tertiary/aromatic N) is 1. The Morgan fingerprint density at radius 2 is 1.73 bits per heavy atom. The third-order valence-electron chi connectivity index (χ3n) is 4.13. The van der Waals surface area contributed by atoms with E-state index >= 15 is 0 Å². The molecule has 0 spiro atoms. The topological polar surface area (TPSA) is 43.1 Å². The van der Waals surface area contributed by atoms with E-state index in [0.29, 0.717) is 16.7 Å². The Hall–Kier alpha value is -2.33. The number of nitro benzene ring substituents is 1. The van der Waals surface area contributed by atoms with E-state index in [0.717, 1.165) is 5.56 Å². The van der Waals surface area contributed by atoms with Crippen LogP contribution in [0.15, 0.2) is 71.7 Å². The van der Waals surface area contributed by atoms with Gasteiger partial charge in [0.2, 0.25) is 0 Å². The molecule has 0 N–H and O–H groups in total. The lowest BCUT2D eigenvalue weighted by Crippen LogP contribution is -2.06. The monoisotopic (exact) mass is 307 g/mol. The number of hydrogen-bond acceptors (Lipinski definition) is 3. The second-order valence-corrected chi connectivity index (χ2v) is 6.56. The lowest BCUT2D eigenvalue weighted by molar-refractivity contribution is -0.384. The van der Waals surface area contributed by atoms with Crippen LogP contribution in [0.25, 0.3) is 11.1 Å². The molecule has 1 heterocycles. The second kappa shape index (κ2) is 5.14. The molecule has 0 aromatic heterocycles. The third-order valence-corrected chi connectivity index (χ3v) is 5.55. The summed E-state index contributed by atoms with van der Waals surface area (Å²) in [5, 5.41) is 11.7. The van der Waals surface area contributed by atoms with Crippen LogP contribution in [-0.4, -0.2) is 10.2 Å². The molecule has 4 rings (SSSR count). The maximum absolute atomic E-state index is 11.3. The van der Waals surface area contributed by atoms with E-state index in [-0.39, 0.29) is 10.6 Å². The maximum atomic E-state index is 11.3. The number of para-hydroxylation sites is 1. The molecule has 2 aromatic carbocycles. The zero-order chi connectivity index (χ0) is 15.1. The lowest BCUT2D eigenvalue weighted by Gasteiger charge is -2.14. The van der Waals surface area contributed by atoms with E-state index in [1.54, 1.807) is 23.9 Å². The van der Waals surface area contributed by atoms with Crippen LogP contribution in [0.4, 0.5) is 5.69 Å². The number of benzene rings is 2. The molecule has 0 amide bonds. The number of allylic oxidation sites excluding steroid dienone is 3. The van der Waals surface area contributed by atoms with Crippen LogP contribution in [0, 0.1) is 10.1 Å². The van der Waals surface area contributed by atoms with Crippen LogP contribution >= 0.6 is 11.8 Å². The van der Waals surface area contributed by atoms with Gasteiger partial charge in [0, 0.05) is 27.7 Å². The van der Waals surface area contributed by atoms with Gasteiger partial charge in [-0.3, -0.25) is 10.1 Å². The van der Waals surface area contributed by atoms with Crippen molar-refractivity contribution in [2.75, 3.05) is 0 Å². The molecule has 0 saturated heterocycles. The summed E-state index contributed by atoms with van der Waals surface area (Å²) in [5.41, 5.74) is 3.10. The summed E-state index contributed by atoms with van der Waals surface area (Å²) < 4.78 is 0. The van der Waals surface area contributed by atoms with Crippen molar-refractivity contribution < 1.29 is 4.92 Å². The van der Waals surface area contributed by atoms with E-state index in [1.807, 2.05) is 24.3 Å². The molecule has 4 heteroatoms. The molecule has 2 atom stereocenters. The highest BCUT2D eigenvalue weighted by Crippen LogP contribution is 2.52. The number of thioether (sulfide) groups is 1. The number of hydrogen-bond donors (Lipinski definition) is 0. The molecule has 1 aliphatic heterocycles. The van der Waals surface area contributed by atoms with Crippen LogP contribution in [-0.2, 0) is 0 Å². The fourth-order valence-electron chi connectivity index (χ4n) is 3.14. The highest BCUT2D eigenvalue weighted by molar-refractivity contribution is 8.00. The summed E-state index contributed by atoms with van der Waals surface area (Å²) in [5.74, 6) is 0.368. The molecule has 1 unspecified atom stereocenters. The fraction of sp³-hybridized carbons (Fsp3) is 0.111. The predicted octanol–water partition coefficient (Wildman–Crippen LogP) is 4.95. The highest BCUT2D eigenvalue weighted by Gasteiger charge is 2.33. The zero-order valence-electron chi connectivity index (χ0n) is 11.7. The minimum absolute atomic E-state index is 0.164. The average molecular weight is 307 g/mol. The van der Waals surface area contributed by atoms with Crippen LogP contribution in [0.1, 0.15) is 11.5 Å². The van der Waals surface area contributed by atoms with Gasteiger partial charge in [-0.2, -0.15) is 0 Å². The van der Waals surface area contributed by atoms with Crippen molar-refractivity contribution in [3.63, 3.8) is 0 Å². The second-order valence-electron chi connectivity index (χ2n) is 5.38. The first-order valence-corrected chi connectivity index (χ1v) is 8.02. The summed E-state index contributed by atoms with van der Waals surface area (Å²) in [4.78, 5) is 12.2. The normalized spacial score (nSPS) is 21.5. The first-order chi connectivity index (χ1) is 10.8. The standard InChI is InChI=1S/C18H13NO2S/c20-19(21)16-10-3-1-6-12(16)14-8-5-9-15-13-7-2-4-11-17(13)22-18(14)15/h1-11,13,17H/t13?,17-/m0/s1. The largest absolute Gasteiger partial charge is 0.277 e. The van der Waals surface area contributed by atoms with E-state index in [4.69, 9.17) is 0 Å². The van der Waals surface area contributed by atoms with E-state index < -0.39 is 0 Å². The van der Waals surface area contributed by atoms with Crippen molar-refractivity contribution in [2.24, 2.45) is 0 Å². The molecule has 0 saturated carbocycles. The number of nitro groups is 1. The Morgan fingerprint density at radius 3 is 2.59 bits per heavy atom. The summed E-state index contributed by atoms with van der Waals surface area (Å²) in [6.45, 7) is 0. The van der Waals surface area contributed by atoms with Crippen molar-refractivity contribution >= 4 is 17.4 Å². The molecule has 3 nitrogen and oxygen atoms in total. The number of fused-ring (bicyclic) bond motifs is 3. The Labute approximate surface area is 132 Å². The van der Waals surface area contributed by atoms with Gasteiger partial charge in [0.1, 0.15) is 0 Å². The Balaban J connectivity index is 1.90. The highest BCUT2D eigenvalue weighted by atomic mass is 32.2. The van der Waals surface area contributed by atoms with E-state index in [1.165, 1.54) is 10.5 Å². The average Bonchev–Trinajstić information content (AvgIpc) is 2.93. The van der Waals surface area contributed by atoms with E-state index in [9.17, 15) is 10.1 Å². The van der Waals surface area contributed by atoms with Crippen LogP contribution in [0.2, 0.25) is 0 Å². The summed E-state index contributed by atoms with van der Waals surface area (Å²) >= 11 is 1.80. The summed E-state index contributed by atoms with van der Waals surface area (Å²) in [6, 6.07) is 13.1. The van der Waals surface area contributed by atoms with Gasteiger partial charge in [-0.25, -0.2) is 0 Å². The third kappa shape index (κ3) is 1.99. The quantitative estimate of drug-likeness (QED) is 0.582. The van der Waals surface area contributed by atoms with Gasteiger partial charge in [-0.15, -0.1) is 11.8 Å². The van der Waals surface area contributed by atoms with Gasteiger partial charge in [0.25, 0.3) is 5.69 Å². The van der Waals surface area contributed by atoms with Gasteiger partial charge in [-0.1, -0.05) is 54.6 Å². The fourth-order valence-corrected chi connectivity index (χ4v) is 4.61. The Kier molecular flexibility index (Phi) is 3.12. The molecular formula is C18H13NO2S. The van der Waals surface area contributed by atoms with Crippen LogP contribution in [0.5, 0.6) is 0 Å². The molecular weight excluding hydrogens is 294 g/mol. The Bertz CT molecular complexity index is 826. The molecule has 0 fully saturated rings. The molecule has 22 heavy (non-hydrogen) atoms. The lowest BCUT2D eigenvalue weighted by atomic mass is 9.90. The van der Waals surface area contributed by atoms with Gasteiger partial charge < -0.3 is 0 Å². The predicted molar refractivity (Wildman–Crippen MR) is 89.2 cm³/mol. The van der Waals surface area contributed by atoms with Crippen molar-refractivity contribution in [2.45, 2.75) is 16.1 Å². The summed E-state index contributed by atoms with van der Waals surface area (Å²) in [6.07, 6.45) is 8.57. The maximum Gasteiger partial charge on any atom is 0.277 e. The molecule has 2 aliphatic rings. The first-order valence-electron chi connectivity index (χ1n) is 7.14. The van der Waals surface area contributed by atoms with Crippen molar-refractivity contribution in [1.82, 2.24) is 0 Å². The van der Waals surface area contributed by atoms with Crippen LogP contribution < -0.4 is 0 Å². The molecule has 0 bridgehead atoms. The minimum Gasteiger partial charge on any atom is -0.258 e. The van der Waals surface area contributed by atoms with Gasteiger partial charge >= 0.3 is 0 Å². The minimum atomic E-state index is -0.304. The molecule has 1 aliphatic carbocycles. The molecule has 0 radical (unpaired) electrons. The molecule has 2 aromatic rings. The number of rotatable bonds is 2. The van der Waals surface area contributed by atoms with Crippen molar-refractivity contribution in [3.05, 3.63) is 82.4 Å². The smallest absolute Gasteiger partial charge is 0.258 e. The van der Waals surface area contributed by atoms with Crippen LogP contribution in [0.3, 0.4) is 0 Å². The van der Waals surface area contributed by atoms with Gasteiger partial charge in [0.15, 0.2) is 0 Å². The Morgan fingerprint density at radius 1 is 0.955 bits per heavy atom. The van der Waals surface area contributed by atoms with Crippen molar-refractivity contribution in [1.29, 1.82) is 0 Å². The van der Waals surface area contributed by atoms with E-state index in [2.05, 4.69) is 30.4 Å². The zero-order valence-corrected chi connectivity index (χ0v) is 12.5. The van der Waals surface area contributed by atoms with Crippen molar-refractivity contribution in [3.8, 4) is 11.1 Å². The van der Waals surface area contributed by atoms with Gasteiger partial charge in [-0.05, 0) is 11.6 Å². The first kappa shape index (κ1) is 13.3. The summed E-state index contributed by atoms with van der Waals surface area (Å²) in [7, 11) is 0.